The summed E-state index contributed by atoms with van der Waals surface area (Å²) in [6.45, 7) is 0.853. The van der Waals surface area contributed by atoms with Crippen molar-refractivity contribution in [1.29, 1.82) is 0 Å². The first-order valence-electron chi connectivity index (χ1n) is 8.66. The Morgan fingerprint density at radius 1 is 1.14 bits per heavy atom. The molecule has 0 aliphatic rings. The number of para-hydroxylation sites is 1. The number of aromatic nitrogens is 2. The largest absolute Gasteiger partial charge is 0.459 e. The molecule has 0 radical (unpaired) electrons. The quantitative estimate of drug-likeness (QED) is 0.489. The van der Waals surface area contributed by atoms with Gasteiger partial charge in [0.25, 0.3) is 11.5 Å². The second-order valence-electron chi connectivity index (χ2n) is 6.08. The van der Waals surface area contributed by atoms with Crippen LogP contribution in [0.5, 0.6) is 0 Å². The lowest BCUT2D eigenvalue weighted by atomic mass is 10.1. The predicted octanol–water partition coefficient (Wildman–Crippen LogP) is 0.414. The molecule has 2 heterocycles. The van der Waals surface area contributed by atoms with Gasteiger partial charge in [0.2, 0.25) is 5.91 Å². The van der Waals surface area contributed by atoms with Crippen molar-refractivity contribution in [2.75, 3.05) is 13.1 Å². The molecule has 0 aliphatic heterocycles. The van der Waals surface area contributed by atoms with Gasteiger partial charge in [-0.1, -0.05) is 12.1 Å². The highest BCUT2D eigenvalue weighted by Gasteiger charge is 2.12. The zero-order valence-electron chi connectivity index (χ0n) is 15.5. The van der Waals surface area contributed by atoms with E-state index in [0.717, 1.165) is 5.56 Å². The zero-order valence-corrected chi connectivity index (χ0v) is 15.5. The molecule has 0 atom stereocenters. The Hall–Kier alpha value is -3.95. The molecule has 3 aromatic rings. The smallest absolute Gasteiger partial charge is 0.325 e. The van der Waals surface area contributed by atoms with E-state index in [9.17, 15) is 19.2 Å². The van der Waals surface area contributed by atoms with Crippen molar-refractivity contribution >= 4 is 28.7 Å². The summed E-state index contributed by atoms with van der Waals surface area (Å²) in [7, 11) is 0. The second-order valence-corrected chi connectivity index (χ2v) is 6.08. The molecule has 2 aromatic heterocycles. The van der Waals surface area contributed by atoms with Crippen LogP contribution in [-0.4, -0.2) is 40.8 Å². The molecule has 150 valence electrons. The summed E-state index contributed by atoms with van der Waals surface area (Å²) in [5, 5.41) is 5.11. The number of ether oxygens (including phenoxy) is 1. The van der Waals surface area contributed by atoms with Gasteiger partial charge in [-0.25, -0.2) is 4.98 Å². The number of nitrogens with one attached hydrogen (secondary N) is 3. The van der Waals surface area contributed by atoms with E-state index in [1.807, 2.05) is 13.0 Å². The summed E-state index contributed by atoms with van der Waals surface area (Å²) >= 11 is 0. The lowest BCUT2D eigenvalue weighted by Gasteiger charge is -2.08. The minimum Gasteiger partial charge on any atom is -0.459 e. The fourth-order valence-corrected chi connectivity index (χ4v) is 2.51. The first kappa shape index (κ1) is 19.8. The number of furan rings is 1. The van der Waals surface area contributed by atoms with E-state index < -0.39 is 24.3 Å². The van der Waals surface area contributed by atoms with Crippen LogP contribution >= 0.6 is 0 Å². The van der Waals surface area contributed by atoms with Crippen LogP contribution in [-0.2, 0) is 20.9 Å². The fraction of sp³-hybridized carbons (Fsp3) is 0.211. The third-order valence-corrected chi connectivity index (χ3v) is 3.94. The minimum atomic E-state index is -0.719. The van der Waals surface area contributed by atoms with Crippen LogP contribution < -0.4 is 16.2 Å². The van der Waals surface area contributed by atoms with Gasteiger partial charge >= 0.3 is 5.97 Å². The summed E-state index contributed by atoms with van der Waals surface area (Å²) in [5.41, 5.74) is 1.03. The Morgan fingerprint density at radius 3 is 2.72 bits per heavy atom. The van der Waals surface area contributed by atoms with Gasteiger partial charge in [-0.15, -0.1) is 0 Å². The van der Waals surface area contributed by atoms with Crippen LogP contribution in [0.2, 0.25) is 0 Å². The predicted molar refractivity (Wildman–Crippen MR) is 101 cm³/mol. The summed E-state index contributed by atoms with van der Waals surface area (Å²) < 4.78 is 9.91. The van der Waals surface area contributed by atoms with Crippen LogP contribution in [0.25, 0.3) is 10.9 Å². The summed E-state index contributed by atoms with van der Waals surface area (Å²) in [4.78, 5) is 54.1. The Bertz CT molecular complexity index is 1100. The van der Waals surface area contributed by atoms with Crippen molar-refractivity contribution in [3.05, 3.63) is 64.1 Å². The number of H-pyrrole nitrogens is 1. The van der Waals surface area contributed by atoms with E-state index in [1.54, 1.807) is 18.2 Å². The molecule has 0 unspecified atom stereocenters. The monoisotopic (exact) mass is 398 g/mol. The summed E-state index contributed by atoms with van der Waals surface area (Å²) in [6, 6.07) is 8.24. The number of hydrogen-bond acceptors (Lipinski definition) is 7. The van der Waals surface area contributed by atoms with E-state index in [-0.39, 0.29) is 30.3 Å². The average Bonchev–Trinajstić information content (AvgIpc) is 3.24. The lowest BCUT2D eigenvalue weighted by Crippen LogP contribution is -2.39. The Morgan fingerprint density at radius 2 is 1.97 bits per heavy atom. The van der Waals surface area contributed by atoms with E-state index in [4.69, 9.17) is 9.15 Å². The number of carbonyl (C=O) groups is 3. The Labute approximate surface area is 164 Å². The number of fused-ring (bicyclic) bond motifs is 1. The highest BCUT2D eigenvalue weighted by molar-refractivity contribution is 5.94. The van der Waals surface area contributed by atoms with Gasteiger partial charge in [0, 0.05) is 0 Å². The van der Waals surface area contributed by atoms with Crippen molar-refractivity contribution in [2.45, 2.75) is 13.5 Å². The molecule has 3 N–H and O–H groups in total. The van der Waals surface area contributed by atoms with Gasteiger partial charge in [-0.2, -0.15) is 0 Å². The maximum absolute atomic E-state index is 12.1. The molecule has 0 fully saturated rings. The van der Waals surface area contributed by atoms with Crippen LogP contribution in [0.3, 0.4) is 0 Å². The molecule has 0 saturated carbocycles. The van der Waals surface area contributed by atoms with E-state index >= 15 is 0 Å². The van der Waals surface area contributed by atoms with Crippen molar-refractivity contribution in [3.63, 3.8) is 0 Å². The number of nitrogens with zero attached hydrogens (tertiary/aromatic N) is 1. The van der Waals surface area contributed by atoms with E-state index in [1.165, 1.54) is 12.3 Å². The maximum Gasteiger partial charge on any atom is 0.325 e. The van der Waals surface area contributed by atoms with Crippen LogP contribution in [0.15, 0.2) is 45.8 Å². The van der Waals surface area contributed by atoms with Gasteiger partial charge in [-0.3, -0.25) is 19.2 Å². The molecule has 29 heavy (non-hydrogen) atoms. The normalized spacial score (nSPS) is 10.5. The average molecular weight is 398 g/mol. The molecule has 10 heteroatoms. The topological polar surface area (TPSA) is 143 Å². The van der Waals surface area contributed by atoms with Gasteiger partial charge in [0.05, 0.1) is 23.7 Å². The van der Waals surface area contributed by atoms with Gasteiger partial charge in [0.15, 0.2) is 5.76 Å². The number of esters is 1. The molecule has 3 rings (SSSR count). The highest BCUT2D eigenvalue weighted by Crippen LogP contribution is 2.12. The van der Waals surface area contributed by atoms with E-state index in [2.05, 4.69) is 20.6 Å². The number of aromatic amines is 1. The Balaban J connectivity index is 1.46. The number of carbonyl (C=O) groups excluding carboxylic acids is 3. The zero-order chi connectivity index (χ0) is 20.8. The van der Waals surface area contributed by atoms with Crippen LogP contribution in [0, 0.1) is 6.92 Å². The summed E-state index contributed by atoms with van der Waals surface area (Å²) in [6.07, 6.45) is 1.34. The van der Waals surface area contributed by atoms with Crippen molar-refractivity contribution < 1.29 is 23.5 Å². The van der Waals surface area contributed by atoms with Crippen molar-refractivity contribution in [2.24, 2.45) is 0 Å². The van der Waals surface area contributed by atoms with Crippen molar-refractivity contribution in [3.8, 4) is 0 Å². The highest BCUT2D eigenvalue weighted by atomic mass is 16.5. The molecular formula is C19H18N4O6. The van der Waals surface area contributed by atoms with Gasteiger partial charge in [-0.05, 0) is 30.7 Å². The minimum absolute atomic E-state index is 0.0734. The number of aryl methyl sites for hydroxylation is 1. The third-order valence-electron chi connectivity index (χ3n) is 3.94. The molecule has 0 saturated heterocycles. The summed E-state index contributed by atoms with van der Waals surface area (Å²) in [5.74, 6) is -1.57. The molecular weight excluding hydrogens is 380 g/mol. The number of benzene rings is 1. The number of hydrogen-bond donors (Lipinski definition) is 3. The molecule has 1 aromatic carbocycles. The van der Waals surface area contributed by atoms with Crippen molar-refractivity contribution in [1.82, 2.24) is 20.6 Å². The molecule has 0 spiro atoms. The molecule has 10 nitrogen and oxygen atoms in total. The first-order valence-corrected chi connectivity index (χ1v) is 8.66. The Kier molecular flexibility index (Phi) is 6.03. The standard InChI is InChI=1S/C19H18N4O6/c1-11-4-2-5-12-17(11)22-14(23-18(12)26)10-29-16(25)9-20-15(24)8-21-19(27)13-6-3-7-28-13/h2-7H,8-10H2,1H3,(H,20,24)(H,21,27)(H,22,23,26). The fourth-order valence-electron chi connectivity index (χ4n) is 2.51. The maximum atomic E-state index is 12.1. The number of amides is 2. The SMILES string of the molecule is Cc1cccc2c(=O)[nH]c(COC(=O)CNC(=O)CNC(=O)c3ccco3)nc12. The third kappa shape index (κ3) is 5.06. The van der Waals surface area contributed by atoms with Crippen LogP contribution in [0.1, 0.15) is 21.9 Å². The molecule has 2 amide bonds. The molecule has 0 aliphatic carbocycles. The second kappa shape index (κ2) is 8.83. The number of rotatable bonds is 7. The van der Waals surface area contributed by atoms with Crippen LogP contribution in [0.4, 0.5) is 0 Å². The first-order chi connectivity index (χ1) is 13.9. The lowest BCUT2D eigenvalue weighted by molar-refractivity contribution is -0.145. The van der Waals surface area contributed by atoms with Gasteiger partial charge < -0.3 is 24.8 Å². The van der Waals surface area contributed by atoms with Gasteiger partial charge in [0.1, 0.15) is 19.0 Å². The van der Waals surface area contributed by atoms with E-state index in [0.29, 0.717) is 10.9 Å². The molecule has 0 bridgehead atoms.